The van der Waals surface area contributed by atoms with Crippen molar-refractivity contribution in [2.24, 2.45) is 0 Å². The highest BCUT2D eigenvalue weighted by Crippen LogP contribution is 2.16. The Morgan fingerprint density at radius 2 is 2.18 bits per heavy atom. The summed E-state index contributed by atoms with van der Waals surface area (Å²) in [7, 11) is 0. The quantitative estimate of drug-likeness (QED) is 0.697. The molecular formula is C8H11NOS. The second-order valence-electron chi connectivity index (χ2n) is 2.34. The van der Waals surface area contributed by atoms with Crippen LogP contribution in [0.5, 0.6) is 0 Å². The number of rotatable bonds is 3. The van der Waals surface area contributed by atoms with Crippen LogP contribution in [0, 0.1) is 0 Å². The Kier molecular flexibility index (Phi) is 3.39. The van der Waals surface area contributed by atoms with E-state index in [1.54, 1.807) is 31.1 Å². The molecule has 0 radical (unpaired) electrons. The highest BCUT2D eigenvalue weighted by atomic mass is 32.2. The second kappa shape index (κ2) is 4.36. The van der Waals surface area contributed by atoms with Crippen LogP contribution in [0.4, 0.5) is 0 Å². The average Bonchev–Trinajstić information content (AvgIpc) is 2.03. The lowest BCUT2D eigenvalue weighted by Gasteiger charge is -2.02. The molecule has 1 rings (SSSR count). The zero-order valence-corrected chi connectivity index (χ0v) is 7.21. The van der Waals surface area contributed by atoms with E-state index in [1.807, 2.05) is 12.1 Å². The van der Waals surface area contributed by atoms with Crippen LogP contribution in [0.15, 0.2) is 29.4 Å². The standard InChI is InChI=1S/C8H11NOS/c1-7(10)6-11-8-2-4-9-5-3-8/h2-5,7,10H,6H2,1H3/t7-/m1/s1. The third-order valence-electron chi connectivity index (χ3n) is 1.14. The van der Waals surface area contributed by atoms with E-state index in [-0.39, 0.29) is 6.10 Å². The topological polar surface area (TPSA) is 33.1 Å². The summed E-state index contributed by atoms with van der Waals surface area (Å²) in [5.74, 6) is 0.740. The van der Waals surface area contributed by atoms with Crippen molar-refractivity contribution >= 4 is 11.8 Å². The Balaban J connectivity index is 2.39. The number of aliphatic hydroxyl groups excluding tert-OH is 1. The molecule has 0 unspecified atom stereocenters. The van der Waals surface area contributed by atoms with E-state index >= 15 is 0 Å². The summed E-state index contributed by atoms with van der Waals surface area (Å²) in [6, 6.07) is 3.88. The molecule has 1 N–H and O–H groups in total. The molecule has 0 saturated heterocycles. The van der Waals surface area contributed by atoms with Crippen LogP contribution >= 0.6 is 11.8 Å². The Hall–Kier alpha value is -0.540. The smallest absolute Gasteiger partial charge is 0.0606 e. The van der Waals surface area contributed by atoms with Crippen molar-refractivity contribution in [2.75, 3.05) is 5.75 Å². The number of hydrogen-bond acceptors (Lipinski definition) is 3. The van der Waals surface area contributed by atoms with Gasteiger partial charge in [0, 0.05) is 23.0 Å². The molecule has 2 nitrogen and oxygen atoms in total. The SMILES string of the molecule is C[C@@H](O)CSc1ccncc1. The molecule has 0 fully saturated rings. The molecule has 0 saturated carbocycles. The molecule has 3 heteroatoms. The Morgan fingerprint density at radius 3 is 2.73 bits per heavy atom. The molecular weight excluding hydrogens is 158 g/mol. The van der Waals surface area contributed by atoms with Crippen molar-refractivity contribution < 1.29 is 5.11 Å². The van der Waals surface area contributed by atoms with Crippen LogP contribution in [0.2, 0.25) is 0 Å². The van der Waals surface area contributed by atoms with Crippen molar-refractivity contribution in [2.45, 2.75) is 17.9 Å². The molecule has 0 aliphatic rings. The number of pyridine rings is 1. The fourth-order valence-electron chi connectivity index (χ4n) is 0.651. The van der Waals surface area contributed by atoms with Gasteiger partial charge >= 0.3 is 0 Å². The van der Waals surface area contributed by atoms with Crippen LogP contribution in [-0.4, -0.2) is 21.9 Å². The zero-order valence-electron chi connectivity index (χ0n) is 6.40. The van der Waals surface area contributed by atoms with E-state index in [0.717, 1.165) is 10.6 Å². The van der Waals surface area contributed by atoms with Gasteiger partial charge in [-0.25, -0.2) is 0 Å². The minimum Gasteiger partial charge on any atom is -0.393 e. The van der Waals surface area contributed by atoms with Gasteiger partial charge in [-0.05, 0) is 19.1 Å². The Labute approximate surface area is 70.7 Å². The van der Waals surface area contributed by atoms with Gasteiger partial charge in [0.1, 0.15) is 0 Å². The Bertz CT molecular complexity index is 201. The molecule has 1 heterocycles. The monoisotopic (exact) mass is 169 g/mol. The van der Waals surface area contributed by atoms with Gasteiger partial charge in [-0.2, -0.15) is 0 Å². The Morgan fingerprint density at radius 1 is 1.55 bits per heavy atom. The summed E-state index contributed by atoms with van der Waals surface area (Å²) in [5.41, 5.74) is 0. The maximum absolute atomic E-state index is 8.98. The van der Waals surface area contributed by atoms with Crippen LogP contribution in [0.25, 0.3) is 0 Å². The normalized spacial score (nSPS) is 12.9. The molecule has 0 aromatic carbocycles. The molecule has 0 spiro atoms. The maximum atomic E-state index is 8.98. The lowest BCUT2D eigenvalue weighted by Crippen LogP contribution is -2.01. The van der Waals surface area contributed by atoms with Crippen LogP contribution in [0.1, 0.15) is 6.92 Å². The third kappa shape index (κ3) is 3.39. The molecule has 1 aromatic heterocycles. The lowest BCUT2D eigenvalue weighted by molar-refractivity contribution is 0.220. The molecule has 1 aromatic rings. The number of nitrogens with zero attached hydrogens (tertiary/aromatic N) is 1. The lowest BCUT2D eigenvalue weighted by atomic mass is 10.5. The first kappa shape index (κ1) is 8.56. The van der Waals surface area contributed by atoms with Gasteiger partial charge in [0.25, 0.3) is 0 Å². The van der Waals surface area contributed by atoms with E-state index in [9.17, 15) is 0 Å². The molecule has 0 aliphatic carbocycles. The van der Waals surface area contributed by atoms with Gasteiger partial charge in [-0.1, -0.05) is 0 Å². The first-order valence-corrected chi connectivity index (χ1v) is 4.48. The molecule has 1 atom stereocenters. The first-order valence-electron chi connectivity index (χ1n) is 3.50. The van der Waals surface area contributed by atoms with Gasteiger partial charge < -0.3 is 5.11 Å². The summed E-state index contributed by atoms with van der Waals surface area (Å²) >= 11 is 1.64. The second-order valence-corrected chi connectivity index (χ2v) is 3.44. The van der Waals surface area contributed by atoms with Crippen LogP contribution in [0.3, 0.4) is 0 Å². The number of aromatic nitrogens is 1. The van der Waals surface area contributed by atoms with E-state index in [0.29, 0.717) is 0 Å². The van der Waals surface area contributed by atoms with Crippen molar-refractivity contribution in [1.29, 1.82) is 0 Å². The fraction of sp³-hybridized carbons (Fsp3) is 0.375. The molecule has 11 heavy (non-hydrogen) atoms. The zero-order chi connectivity index (χ0) is 8.10. The minimum absolute atomic E-state index is 0.242. The summed E-state index contributed by atoms with van der Waals surface area (Å²) < 4.78 is 0. The first-order chi connectivity index (χ1) is 5.29. The van der Waals surface area contributed by atoms with E-state index in [2.05, 4.69) is 4.98 Å². The maximum Gasteiger partial charge on any atom is 0.0606 e. The van der Waals surface area contributed by atoms with Crippen molar-refractivity contribution in [3.05, 3.63) is 24.5 Å². The summed E-state index contributed by atoms with van der Waals surface area (Å²) in [6.07, 6.45) is 3.27. The molecule has 0 aliphatic heterocycles. The van der Waals surface area contributed by atoms with Gasteiger partial charge in [0.05, 0.1) is 6.10 Å². The van der Waals surface area contributed by atoms with E-state index < -0.39 is 0 Å². The van der Waals surface area contributed by atoms with Crippen molar-refractivity contribution in [3.8, 4) is 0 Å². The largest absolute Gasteiger partial charge is 0.393 e. The summed E-state index contributed by atoms with van der Waals surface area (Å²) in [5, 5.41) is 8.98. The molecule has 60 valence electrons. The number of hydrogen-bond donors (Lipinski definition) is 1. The highest BCUT2D eigenvalue weighted by Gasteiger charge is 1.96. The molecule has 0 bridgehead atoms. The van der Waals surface area contributed by atoms with Gasteiger partial charge in [0.15, 0.2) is 0 Å². The van der Waals surface area contributed by atoms with Crippen LogP contribution < -0.4 is 0 Å². The summed E-state index contributed by atoms with van der Waals surface area (Å²) in [6.45, 7) is 1.79. The number of aliphatic hydroxyl groups is 1. The number of thioether (sulfide) groups is 1. The summed E-state index contributed by atoms with van der Waals surface area (Å²) in [4.78, 5) is 5.05. The van der Waals surface area contributed by atoms with Crippen molar-refractivity contribution in [1.82, 2.24) is 4.98 Å². The predicted molar refractivity (Wildman–Crippen MR) is 46.6 cm³/mol. The fourth-order valence-corrected chi connectivity index (χ4v) is 1.40. The minimum atomic E-state index is -0.242. The third-order valence-corrected chi connectivity index (χ3v) is 2.40. The van der Waals surface area contributed by atoms with Gasteiger partial charge in [-0.15, -0.1) is 11.8 Å². The predicted octanol–water partition coefficient (Wildman–Crippen LogP) is 1.55. The van der Waals surface area contributed by atoms with Gasteiger partial charge in [0.2, 0.25) is 0 Å². The molecule has 0 amide bonds. The van der Waals surface area contributed by atoms with Crippen molar-refractivity contribution in [3.63, 3.8) is 0 Å². The average molecular weight is 169 g/mol. The van der Waals surface area contributed by atoms with E-state index in [1.165, 1.54) is 0 Å². The highest BCUT2D eigenvalue weighted by molar-refractivity contribution is 7.99. The van der Waals surface area contributed by atoms with E-state index in [4.69, 9.17) is 5.11 Å². The van der Waals surface area contributed by atoms with Gasteiger partial charge in [-0.3, -0.25) is 4.98 Å². The van der Waals surface area contributed by atoms with Crippen LogP contribution in [-0.2, 0) is 0 Å².